The second kappa shape index (κ2) is 7.35. The first-order chi connectivity index (χ1) is 11.0. The number of H-pyrrole nitrogens is 1. The zero-order chi connectivity index (χ0) is 16.8. The number of amides is 1. The zero-order valence-corrected chi connectivity index (χ0v) is 12.9. The fraction of sp³-hybridized carbons (Fsp3) is 0.250. The monoisotopic (exact) mass is 315 g/mol. The van der Waals surface area contributed by atoms with Crippen LogP contribution in [0.25, 0.3) is 0 Å². The third-order valence-corrected chi connectivity index (χ3v) is 3.03. The number of aromatic nitrogens is 2. The van der Waals surface area contributed by atoms with Gasteiger partial charge >= 0.3 is 5.97 Å². The number of ether oxygens (including phenoxy) is 1. The van der Waals surface area contributed by atoms with Gasteiger partial charge in [-0.15, -0.1) is 0 Å². The molecule has 0 aliphatic carbocycles. The average Bonchev–Trinajstić information content (AvgIpc) is 2.54. The summed E-state index contributed by atoms with van der Waals surface area (Å²) in [5.41, 5.74) is 0.242. The van der Waals surface area contributed by atoms with Gasteiger partial charge in [-0.05, 0) is 32.0 Å². The zero-order valence-electron chi connectivity index (χ0n) is 12.9. The number of hydrogen-bond donors (Lipinski definition) is 1. The molecule has 0 aliphatic rings. The third-order valence-electron chi connectivity index (χ3n) is 3.03. The molecule has 1 amide bonds. The van der Waals surface area contributed by atoms with Crippen LogP contribution in [0.15, 0.2) is 47.3 Å². The molecule has 0 unspecified atom stereocenters. The maximum atomic E-state index is 12.3. The minimum absolute atomic E-state index is 0.0618. The molecule has 0 bridgehead atoms. The molecule has 0 atom stereocenters. The summed E-state index contributed by atoms with van der Waals surface area (Å²) < 4.78 is 4.97. The lowest BCUT2D eigenvalue weighted by Crippen LogP contribution is -2.40. The number of nitrogens with one attached hydrogen (secondary N) is 1. The van der Waals surface area contributed by atoms with E-state index < -0.39 is 18.1 Å². The predicted octanol–water partition coefficient (Wildman–Crippen LogP) is 1.37. The SMILES string of the molecule is CC(C)N(C(=O)COC(=O)c1ccc(=O)[nH]n1)c1ccccc1. The highest BCUT2D eigenvalue weighted by Crippen LogP contribution is 2.16. The van der Waals surface area contributed by atoms with Gasteiger partial charge in [-0.25, -0.2) is 9.89 Å². The number of nitrogens with zero attached hydrogens (tertiary/aromatic N) is 2. The Morgan fingerprint density at radius 1 is 1.17 bits per heavy atom. The second-order valence-electron chi connectivity index (χ2n) is 5.08. The Hall–Kier alpha value is -2.96. The molecular weight excluding hydrogens is 298 g/mol. The van der Waals surface area contributed by atoms with E-state index >= 15 is 0 Å². The van der Waals surface area contributed by atoms with Crippen LogP contribution in [0, 0.1) is 0 Å². The lowest BCUT2D eigenvalue weighted by molar-refractivity contribution is -0.122. The number of hydrogen-bond acceptors (Lipinski definition) is 5. The molecule has 0 aliphatic heterocycles. The van der Waals surface area contributed by atoms with Gasteiger partial charge < -0.3 is 9.64 Å². The van der Waals surface area contributed by atoms with Gasteiger partial charge in [0, 0.05) is 17.8 Å². The Morgan fingerprint density at radius 2 is 1.87 bits per heavy atom. The molecular formula is C16H17N3O4. The van der Waals surface area contributed by atoms with Gasteiger partial charge in [0.05, 0.1) is 0 Å². The van der Waals surface area contributed by atoms with E-state index in [1.807, 2.05) is 44.2 Å². The molecule has 2 rings (SSSR count). The van der Waals surface area contributed by atoms with Gasteiger partial charge in [-0.1, -0.05) is 18.2 Å². The summed E-state index contributed by atoms with van der Waals surface area (Å²) in [7, 11) is 0. The molecule has 1 aromatic carbocycles. The van der Waals surface area contributed by atoms with Gasteiger partial charge in [0.15, 0.2) is 12.3 Å². The smallest absolute Gasteiger partial charge is 0.359 e. The van der Waals surface area contributed by atoms with Crippen molar-refractivity contribution in [3.05, 3.63) is 58.5 Å². The van der Waals surface area contributed by atoms with Crippen molar-refractivity contribution in [2.45, 2.75) is 19.9 Å². The molecule has 0 radical (unpaired) electrons. The lowest BCUT2D eigenvalue weighted by atomic mass is 10.2. The summed E-state index contributed by atoms with van der Waals surface area (Å²) in [4.78, 5) is 36.6. The topological polar surface area (TPSA) is 92.4 Å². The van der Waals surface area contributed by atoms with Crippen LogP contribution in [-0.2, 0) is 9.53 Å². The fourth-order valence-corrected chi connectivity index (χ4v) is 2.05. The third kappa shape index (κ3) is 4.26. The minimum Gasteiger partial charge on any atom is -0.451 e. The molecule has 23 heavy (non-hydrogen) atoms. The van der Waals surface area contributed by atoms with Crippen molar-refractivity contribution < 1.29 is 14.3 Å². The molecule has 1 aromatic heterocycles. The van der Waals surface area contributed by atoms with Crippen LogP contribution < -0.4 is 10.5 Å². The maximum absolute atomic E-state index is 12.3. The summed E-state index contributed by atoms with van der Waals surface area (Å²) in [5.74, 6) is -1.12. The van der Waals surface area contributed by atoms with Crippen LogP contribution in [0.3, 0.4) is 0 Å². The number of benzene rings is 1. The Labute approximate surface area is 132 Å². The Morgan fingerprint density at radius 3 is 2.43 bits per heavy atom. The van der Waals surface area contributed by atoms with E-state index in [0.29, 0.717) is 0 Å². The van der Waals surface area contributed by atoms with E-state index in [9.17, 15) is 14.4 Å². The van der Waals surface area contributed by atoms with Gasteiger partial charge in [-0.2, -0.15) is 5.10 Å². The van der Waals surface area contributed by atoms with Crippen molar-refractivity contribution in [2.75, 3.05) is 11.5 Å². The first kappa shape index (κ1) is 16.4. The standard InChI is InChI=1S/C16H17N3O4/c1-11(2)19(12-6-4-3-5-7-12)15(21)10-23-16(22)13-8-9-14(20)18-17-13/h3-9,11H,10H2,1-2H3,(H,18,20). The molecule has 120 valence electrons. The molecule has 0 saturated carbocycles. The number of carbonyl (C=O) groups excluding carboxylic acids is 2. The molecule has 1 heterocycles. The number of para-hydroxylation sites is 1. The molecule has 7 nitrogen and oxygen atoms in total. The van der Waals surface area contributed by atoms with Crippen LogP contribution in [0.4, 0.5) is 5.69 Å². The van der Waals surface area contributed by atoms with Crippen molar-refractivity contribution in [3.8, 4) is 0 Å². The second-order valence-corrected chi connectivity index (χ2v) is 5.08. The highest BCUT2D eigenvalue weighted by molar-refractivity contribution is 5.97. The van der Waals surface area contributed by atoms with Crippen LogP contribution >= 0.6 is 0 Å². The number of aromatic amines is 1. The van der Waals surface area contributed by atoms with Crippen molar-refractivity contribution >= 4 is 17.6 Å². The van der Waals surface area contributed by atoms with Gasteiger partial charge in [0.1, 0.15) is 0 Å². The van der Waals surface area contributed by atoms with Crippen LogP contribution in [0.2, 0.25) is 0 Å². The largest absolute Gasteiger partial charge is 0.451 e. The number of rotatable bonds is 5. The van der Waals surface area contributed by atoms with Gasteiger partial charge in [0.25, 0.3) is 11.5 Å². The normalized spacial score (nSPS) is 10.4. The quantitative estimate of drug-likeness (QED) is 0.841. The van der Waals surface area contributed by atoms with Crippen LogP contribution in [-0.4, -0.2) is 34.7 Å². The Kier molecular flexibility index (Phi) is 5.24. The van der Waals surface area contributed by atoms with Crippen molar-refractivity contribution in [3.63, 3.8) is 0 Å². The van der Waals surface area contributed by atoms with E-state index in [1.165, 1.54) is 6.07 Å². The van der Waals surface area contributed by atoms with E-state index in [1.54, 1.807) is 4.90 Å². The Balaban J connectivity index is 2.03. The van der Waals surface area contributed by atoms with E-state index in [2.05, 4.69) is 10.2 Å². The first-order valence-electron chi connectivity index (χ1n) is 7.09. The highest BCUT2D eigenvalue weighted by atomic mass is 16.5. The summed E-state index contributed by atoms with van der Waals surface area (Å²) in [6, 6.07) is 11.4. The van der Waals surface area contributed by atoms with Gasteiger partial charge in [-0.3, -0.25) is 9.59 Å². The predicted molar refractivity (Wildman–Crippen MR) is 84.2 cm³/mol. The van der Waals surface area contributed by atoms with E-state index in [4.69, 9.17) is 4.74 Å². The van der Waals surface area contributed by atoms with E-state index in [-0.39, 0.29) is 17.6 Å². The number of anilines is 1. The number of carbonyl (C=O) groups is 2. The highest BCUT2D eigenvalue weighted by Gasteiger charge is 2.21. The summed E-state index contributed by atoms with van der Waals surface area (Å²) >= 11 is 0. The van der Waals surface area contributed by atoms with Crippen molar-refractivity contribution in [1.29, 1.82) is 0 Å². The molecule has 0 fully saturated rings. The van der Waals surface area contributed by atoms with Crippen LogP contribution in [0.5, 0.6) is 0 Å². The fourth-order valence-electron chi connectivity index (χ4n) is 2.05. The Bertz CT molecular complexity index is 720. The van der Waals surface area contributed by atoms with E-state index in [0.717, 1.165) is 11.8 Å². The average molecular weight is 315 g/mol. The molecule has 0 spiro atoms. The summed E-state index contributed by atoms with van der Waals surface area (Å²) in [5, 5.41) is 5.69. The molecule has 2 aromatic rings. The van der Waals surface area contributed by atoms with Crippen molar-refractivity contribution in [2.24, 2.45) is 0 Å². The molecule has 7 heteroatoms. The van der Waals surface area contributed by atoms with Crippen molar-refractivity contribution in [1.82, 2.24) is 10.2 Å². The summed E-state index contributed by atoms with van der Waals surface area (Å²) in [6.07, 6.45) is 0. The first-order valence-corrected chi connectivity index (χ1v) is 7.09. The molecule has 1 N–H and O–H groups in total. The summed E-state index contributed by atoms with van der Waals surface area (Å²) in [6.45, 7) is 3.33. The van der Waals surface area contributed by atoms with Gasteiger partial charge in [0.2, 0.25) is 0 Å². The lowest BCUT2D eigenvalue weighted by Gasteiger charge is -2.26. The molecule has 0 saturated heterocycles. The maximum Gasteiger partial charge on any atom is 0.359 e. The number of esters is 1. The minimum atomic E-state index is -0.772. The van der Waals surface area contributed by atoms with Crippen LogP contribution in [0.1, 0.15) is 24.3 Å².